The smallest absolute Gasteiger partial charge is 0.303 e. The molecule has 6 fully saturated rings. The molecule has 6 aliphatic heterocycles. The van der Waals surface area contributed by atoms with Crippen LogP contribution in [-0.4, -0.2) is 401 Å². The second kappa shape index (κ2) is 50.3. The van der Waals surface area contributed by atoms with Gasteiger partial charge in [-0.05, 0) is 19.4 Å². The number of esters is 1. The van der Waals surface area contributed by atoms with Gasteiger partial charge in [-0.3, -0.25) is 24.0 Å². The van der Waals surface area contributed by atoms with Gasteiger partial charge in [-0.15, -0.1) is 15.3 Å². The Morgan fingerprint density at radius 1 is 0.432 bits per heavy atom. The molecule has 118 heavy (non-hydrogen) atoms. The lowest BCUT2D eigenvalue weighted by Gasteiger charge is -2.43. The van der Waals surface area contributed by atoms with Crippen molar-refractivity contribution in [3.8, 4) is 0 Å². The number of nitrogens with two attached hydrogens (primary N) is 1. The predicted molar refractivity (Wildman–Crippen MR) is 396 cm³/mol. The minimum Gasteiger partial charge on any atom is -0.457 e. The number of hydrogen-bond donors (Lipinski definition) is 10. The van der Waals surface area contributed by atoms with Crippen LogP contribution in [0.4, 0.5) is 0 Å². The number of aliphatic hydroxyl groups excluding tert-OH is 5. The Kier molecular flexibility index (Phi) is 40.7. The number of ether oxygens (including phenoxy) is 22. The van der Waals surface area contributed by atoms with E-state index in [0.29, 0.717) is 142 Å². The molecule has 0 saturated carbocycles. The van der Waals surface area contributed by atoms with Crippen LogP contribution in [0.5, 0.6) is 0 Å². The van der Waals surface area contributed by atoms with Crippen LogP contribution in [0.3, 0.4) is 0 Å². The van der Waals surface area contributed by atoms with Gasteiger partial charge in [0.2, 0.25) is 23.6 Å². The van der Waals surface area contributed by atoms with Gasteiger partial charge in [-0.1, -0.05) is 22.1 Å². The minimum absolute atomic E-state index is 0.00792. The molecule has 0 unspecified atom stereocenters. The largest absolute Gasteiger partial charge is 0.457 e. The highest BCUT2D eigenvalue weighted by atomic mass is 16.8. The number of unbranched alkanes of at least 4 members (excludes halogenated alkanes) is 2. The first-order chi connectivity index (χ1) is 57.1. The number of nitrogens with zero attached hydrogens (tertiary/aromatic N) is 9. The third-order valence-corrected chi connectivity index (χ3v) is 19.4. The van der Waals surface area contributed by atoms with Gasteiger partial charge in [-0.25, -0.2) is 14.0 Å². The van der Waals surface area contributed by atoms with Gasteiger partial charge in [0.15, 0.2) is 25.0 Å². The SMILES string of the molecule is CC(=O)N[C@H]1[C@H]2OC[C@](COCCOCCOCCOCCn3cc(COCC(COCc4cn(CCOCCOCCOCCOC[C@@]56CO[C@@H](O5)[C@H](NC(C)=O)[C@@H](O)[C@H]6O)nn4)(COCc4cn(CCOCCOCCOCCOC[C@@]56CO[C@@H](O5)[C@H](NC(C)=O)[C@@H](OC(C)=O)[C@H]6O)nn4)NC(=O)CCCCCN)nn3)(O2)[C@H](O)[C@@H]1O. The highest BCUT2D eigenvalue weighted by molar-refractivity contribution is 5.77. The van der Waals surface area contributed by atoms with Gasteiger partial charge in [0.25, 0.3) is 0 Å². The summed E-state index contributed by atoms with van der Waals surface area (Å²) in [7, 11) is 0. The number of hydrogen-bond acceptors (Lipinski definition) is 39. The number of carbonyl (C=O) groups is 5. The van der Waals surface area contributed by atoms with Crippen LogP contribution < -0.4 is 27.0 Å². The lowest BCUT2D eigenvalue weighted by Crippen LogP contribution is -2.67. The molecule has 9 rings (SSSR count). The van der Waals surface area contributed by atoms with Gasteiger partial charge < -0.3 is 157 Å². The molecule has 0 aromatic carbocycles. The molecule has 11 N–H and O–H groups in total. The van der Waals surface area contributed by atoms with E-state index in [1.165, 1.54) is 27.7 Å². The fourth-order valence-corrected chi connectivity index (χ4v) is 13.5. The Balaban J connectivity index is 0.666. The fourth-order valence-electron chi connectivity index (χ4n) is 13.5. The number of amides is 4. The summed E-state index contributed by atoms with van der Waals surface area (Å²) < 4.78 is 132. The molecule has 3 aromatic rings. The van der Waals surface area contributed by atoms with Crippen LogP contribution in [0.2, 0.25) is 0 Å². The molecule has 670 valence electrons. The Morgan fingerprint density at radius 3 is 1.08 bits per heavy atom. The van der Waals surface area contributed by atoms with E-state index < -0.39 is 108 Å². The first kappa shape index (κ1) is 95.5. The van der Waals surface area contributed by atoms with Crippen molar-refractivity contribution in [2.45, 2.75) is 189 Å². The van der Waals surface area contributed by atoms with Gasteiger partial charge >= 0.3 is 5.97 Å². The Morgan fingerprint density at radius 2 is 0.746 bits per heavy atom. The summed E-state index contributed by atoms with van der Waals surface area (Å²) in [5, 5.41) is 90.5. The Bertz CT molecular complexity index is 3280. The summed E-state index contributed by atoms with van der Waals surface area (Å²) in [6.45, 7) is 12.1. The monoisotopic (exact) mass is 1690 g/mol. The molecule has 9 heterocycles. The van der Waals surface area contributed by atoms with Crippen molar-refractivity contribution < 1.29 is 154 Å². The number of nitrogens with one attached hydrogen (secondary N) is 4. The molecule has 6 bridgehead atoms. The van der Waals surface area contributed by atoms with Gasteiger partial charge in [-0.2, -0.15) is 0 Å². The van der Waals surface area contributed by atoms with Crippen molar-refractivity contribution in [1.29, 1.82) is 0 Å². The van der Waals surface area contributed by atoms with Crippen molar-refractivity contribution in [3.63, 3.8) is 0 Å². The van der Waals surface area contributed by atoms with Gasteiger partial charge in [0.05, 0.1) is 256 Å². The molecule has 15 atom stereocenters. The molecule has 46 nitrogen and oxygen atoms in total. The quantitative estimate of drug-likeness (QED) is 0.0186. The van der Waals surface area contributed by atoms with Crippen molar-refractivity contribution in [1.82, 2.24) is 66.2 Å². The zero-order valence-electron chi connectivity index (χ0n) is 67.5. The molecule has 46 heteroatoms. The normalized spacial score (nSPS) is 26.9. The summed E-state index contributed by atoms with van der Waals surface area (Å²) >= 11 is 0. The molecule has 3 aromatic heterocycles. The summed E-state index contributed by atoms with van der Waals surface area (Å²) in [6, 6.07) is -2.71. The molecule has 0 spiro atoms. The van der Waals surface area contributed by atoms with Crippen LogP contribution in [0.15, 0.2) is 18.6 Å². The van der Waals surface area contributed by atoms with E-state index in [1.807, 2.05) is 0 Å². The summed E-state index contributed by atoms with van der Waals surface area (Å²) in [6.07, 6.45) is -2.97. The maximum atomic E-state index is 13.9. The van der Waals surface area contributed by atoms with Gasteiger partial charge in [0.1, 0.15) is 88.1 Å². The van der Waals surface area contributed by atoms with E-state index >= 15 is 0 Å². The average Bonchev–Trinajstić information content (AvgIpc) is 1.70. The zero-order valence-corrected chi connectivity index (χ0v) is 67.5. The maximum absolute atomic E-state index is 13.9. The van der Waals surface area contributed by atoms with Crippen molar-refractivity contribution in [2.24, 2.45) is 5.73 Å². The van der Waals surface area contributed by atoms with E-state index in [1.54, 1.807) is 32.6 Å². The molecule has 0 radical (unpaired) electrons. The standard InChI is InChI=1S/C72H120N14O32/c1-49(87)74-57-60(92)63(94)70(46-112-66(57)116-70)43-106-31-28-103-25-22-100-19-16-97-13-10-84-34-53(78-81-84)37-109-40-69(77-56(91)8-6-5-7-9-73,41-110-38-54-35-85(82-79-54)11-14-98-17-20-101-23-26-104-29-32-107-44-71-47-113-67(117-71)58(75-50(2)88)61(93)64(71)95)42-111-39-55-36-86(83-80-55)12-15-99-18-21-102-24-27-105-30-33-108-45-72-48-114-68(118-72)59(76-51(3)89)62(65(72)96)115-52(4)90/h34-36,57-68,92-96H,5-33,37-48,73H2,1-4H3,(H,74,87)(H,75,88)(H,76,89)(H,77,91)/t57-,58-,59-,60-,61-,62-,63-,64-,65-,66+,67+,68+,70+,71+,72+/m1/s1. The highest BCUT2D eigenvalue weighted by Gasteiger charge is 2.63. The molecular weight excluding hydrogens is 1570 g/mol. The molecule has 0 aliphatic carbocycles. The number of carbonyl (C=O) groups excluding carboxylic acids is 5. The Labute approximate surface area is 682 Å². The van der Waals surface area contributed by atoms with Crippen LogP contribution >= 0.6 is 0 Å². The van der Waals surface area contributed by atoms with Crippen LogP contribution in [0.1, 0.15) is 70.5 Å². The van der Waals surface area contributed by atoms with E-state index in [4.69, 9.17) is 110 Å². The van der Waals surface area contributed by atoms with Crippen molar-refractivity contribution >= 4 is 29.6 Å². The van der Waals surface area contributed by atoms with Gasteiger partial charge in [0, 0.05) is 34.1 Å². The number of rotatable bonds is 64. The average molecular weight is 1690 g/mol. The first-order valence-electron chi connectivity index (χ1n) is 39.8. The molecule has 4 amide bonds. The van der Waals surface area contributed by atoms with E-state index in [2.05, 4.69) is 52.2 Å². The lowest BCUT2D eigenvalue weighted by atomic mass is 9.88. The van der Waals surface area contributed by atoms with Crippen LogP contribution in [0.25, 0.3) is 0 Å². The first-order valence-corrected chi connectivity index (χ1v) is 39.8. The Hall–Kier alpha value is -6.31. The zero-order chi connectivity index (χ0) is 84.0. The van der Waals surface area contributed by atoms with E-state index in [9.17, 15) is 49.5 Å². The number of aliphatic hydroxyl groups is 5. The number of fused-ring (bicyclic) bond motifs is 6. The van der Waals surface area contributed by atoms with E-state index in [-0.39, 0.29) is 150 Å². The molecular formula is C72H120N14O32. The summed E-state index contributed by atoms with van der Waals surface area (Å²) in [5.74, 6) is -2.07. The second-order valence-corrected chi connectivity index (χ2v) is 29.1. The molecule has 6 aliphatic rings. The second-order valence-electron chi connectivity index (χ2n) is 29.1. The highest BCUT2D eigenvalue weighted by Crippen LogP contribution is 2.41. The third-order valence-electron chi connectivity index (χ3n) is 19.4. The van der Waals surface area contributed by atoms with Crippen LogP contribution in [0, 0.1) is 0 Å². The minimum atomic E-state index is -1.34. The maximum Gasteiger partial charge on any atom is 0.303 e. The fraction of sp³-hybridized carbons (Fsp3) is 0.847. The van der Waals surface area contributed by atoms with Crippen molar-refractivity contribution in [3.05, 3.63) is 35.7 Å². The summed E-state index contributed by atoms with van der Waals surface area (Å²) in [5.41, 5.74) is 2.21. The van der Waals surface area contributed by atoms with E-state index in [0.717, 1.165) is 12.8 Å². The topological polar surface area (TPSA) is 556 Å². The summed E-state index contributed by atoms with van der Waals surface area (Å²) in [4.78, 5) is 60.7. The number of aromatic nitrogens is 9. The third kappa shape index (κ3) is 30.3. The lowest BCUT2D eigenvalue weighted by molar-refractivity contribution is -0.244. The van der Waals surface area contributed by atoms with Crippen molar-refractivity contribution in [2.75, 3.05) is 205 Å². The van der Waals surface area contributed by atoms with Crippen LogP contribution in [-0.2, 0) is 168 Å². The molecule has 6 saturated heterocycles. The predicted octanol–water partition coefficient (Wildman–Crippen LogP) is -6.39.